The highest BCUT2D eigenvalue weighted by Crippen LogP contribution is 2.16. The molecule has 0 bridgehead atoms. The Morgan fingerprint density at radius 3 is 2.77 bits per heavy atom. The van der Waals surface area contributed by atoms with Crippen LogP contribution in [0, 0.1) is 11.6 Å². The van der Waals surface area contributed by atoms with E-state index in [9.17, 15) is 8.78 Å². The molecule has 0 heterocycles. The van der Waals surface area contributed by atoms with Gasteiger partial charge in [0.25, 0.3) is 0 Å². The van der Waals surface area contributed by atoms with Crippen LogP contribution in [0.25, 0.3) is 0 Å². The molecule has 1 rings (SSSR count). The molecule has 0 atom stereocenters. The summed E-state index contributed by atoms with van der Waals surface area (Å²) in [7, 11) is 0. The molecule has 0 aliphatic carbocycles. The molecule has 0 saturated heterocycles. The van der Waals surface area contributed by atoms with Crippen LogP contribution in [0.15, 0.2) is 18.2 Å². The largest absolute Gasteiger partial charge is 0.489 e. The summed E-state index contributed by atoms with van der Waals surface area (Å²) in [5.74, 6) is -1.43. The Labute approximate surface area is 73.9 Å². The SMILES string of the molecule is ONCCOc1ccc(F)cc1F. The lowest BCUT2D eigenvalue weighted by atomic mass is 10.3. The summed E-state index contributed by atoms with van der Waals surface area (Å²) < 4.78 is 30.1. The van der Waals surface area contributed by atoms with Crippen molar-refractivity contribution in [3.63, 3.8) is 0 Å². The van der Waals surface area contributed by atoms with Crippen LogP contribution < -0.4 is 10.2 Å². The van der Waals surface area contributed by atoms with Gasteiger partial charge in [0.15, 0.2) is 11.6 Å². The van der Waals surface area contributed by atoms with E-state index >= 15 is 0 Å². The highest BCUT2D eigenvalue weighted by Gasteiger charge is 2.03. The molecule has 0 saturated carbocycles. The number of ether oxygens (including phenoxy) is 1. The molecule has 1 aromatic carbocycles. The van der Waals surface area contributed by atoms with Crippen molar-refractivity contribution in [3.05, 3.63) is 29.8 Å². The lowest BCUT2D eigenvalue weighted by Gasteiger charge is -2.05. The molecule has 0 spiro atoms. The molecule has 5 heteroatoms. The van der Waals surface area contributed by atoms with Gasteiger partial charge < -0.3 is 9.94 Å². The van der Waals surface area contributed by atoms with Gasteiger partial charge in [-0.05, 0) is 12.1 Å². The average Bonchev–Trinajstić information content (AvgIpc) is 2.09. The summed E-state index contributed by atoms with van der Waals surface area (Å²) in [4.78, 5) is 0. The Hall–Kier alpha value is -1.20. The molecule has 1 aromatic rings. The molecule has 0 radical (unpaired) electrons. The first-order valence-corrected chi connectivity index (χ1v) is 3.69. The van der Waals surface area contributed by atoms with Crippen LogP contribution in [0.2, 0.25) is 0 Å². The van der Waals surface area contributed by atoms with E-state index < -0.39 is 11.6 Å². The van der Waals surface area contributed by atoms with E-state index in [2.05, 4.69) is 0 Å². The van der Waals surface area contributed by atoms with Gasteiger partial charge >= 0.3 is 0 Å². The molecule has 0 amide bonds. The van der Waals surface area contributed by atoms with Crippen molar-refractivity contribution in [3.8, 4) is 5.75 Å². The van der Waals surface area contributed by atoms with E-state index in [1.807, 2.05) is 5.48 Å². The molecule has 0 aliphatic rings. The van der Waals surface area contributed by atoms with Crippen LogP contribution in [0.5, 0.6) is 5.75 Å². The third-order valence-electron chi connectivity index (χ3n) is 1.37. The van der Waals surface area contributed by atoms with E-state index in [0.29, 0.717) is 0 Å². The summed E-state index contributed by atoms with van der Waals surface area (Å²) in [6.45, 7) is 0.288. The van der Waals surface area contributed by atoms with Crippen molar-refractivity contribution in [2.45, 2.75) is 0 Å². The number of benzene rings is 1. The Bertz CT molecular complexity index is 281. The van der Waals surface area contributed by atoms with Crippen molar-refractivity contribution >= 4 is 0 Å². The predicted molar refractivity (Wildman–Crippen MR) is 41.6 cm³/mol. The molecule has 2 N–H and O–H groups in total. The average molecular weight is 189 g/mol. The fraction of sp³-hybridized carbons (Fsp3) is 0.250. The molecular weight excluding hydrogens is 180 g/mol. The quantitative estimate of drug-likeness (QED) is 0.554. The second kappa shape index (κ2) is 4.74. The first-order chi connectivity index (χ1) is 6.24. The van der Waals surface area contributed by atoms with Gasteiger partial charge in [0, 0.05) is 6.07 Å². The number of hydroxylamine groups is 1. The molecule has 3 nitrogen and oxygen atoms in total. The van der Waals surface area contributed by atoms with E-state index in [1.165, 1.54) is 6.07 Å². The first kappa shape index (κ1) is 9.88. The van der Waals surface area contributed by atoms with Gasteiger partial charge in [-0.15, -0.1) is 0 Å². The van der Waals surface area contributed by atoms with Crippen LogP contribution in [-0.2, 0) is 0 Å². The molecule has 13 heavy (non-hydrogen) atoms. The minimum absolute atomic E-state index is 0.0309. The molecule has 0 aromatic heterocycles. The fourth-order valence-electron chi connectivity index (χ4n) is 0.799. The van der Waals surface area contributed by atoms with Crippen LogP contribution in [0.1, 0.15) is 0 Å². The second-order valence-corrected chi connectivity index (χ2v) is 2.33. The third-order valence-corrected chi connectivity index (χ3v) is 1.37. The maximum absolute atomic E-state index is 12.8. The minimum atomic E-state index is -0.752. The molecule has 0 aliphatic heterocycles. The van der Waals surface area contributed by atoms with E-state index in [4.69, 9.17) is 9.94 Å². The van der Waals surface area contributed by atoms with Crippen LogP contribution in [0.4, 0.5) is 8.78 Å². The van der Waals surface area contributed by atoms with Crippen molar-refractivity contribution in [1.82, 2.24) is 5.48 Å². The van der Waals surface area contributed by atoms with Crippen molar-refractivity contribution in [2.75, 3.05) is 13.2 Å². The molecule has 72 valence electrons. The van der Waals surface area contributed by atoms with Crippen molar-refractivity contribution in [2.24, 2.45) is 0 Å². The van der Waals surface area contributed by atoms with Gasteiger partial charge in [-0.1, -0.05) is 0 Å². The first-order valence-electron chi connectivity index (χ1n) is 3.69. The Kier molecular flexibility index (Phi) is 3.60. The number of hydrogen-bond acceptors (Lipinski definition) is 3. The number of rotatable bonds is 4. The maximum Gasteiger partial charge on any atom is 0.167 e. The maximum atomic E-state index is 12.8. The Morgan fingerprint density at radius 2 is 2.15 bits per heavy atom. The highest BCUT2D eigenvalue weighted by atomic mass is 19.1. The number of halogens is 2. The van der Waals surface area contributed by atoms with Gasteiger partial charge in [0.05, 0.1) is 6.54 Å². The Balaban J connectivity index is 2.56. The molecule has 0 fully saturated rings. The van der Waals surface area contributed by atoms with Crippen molar-refractivity contribution < 1.29 is 18.7 Å². The smallest absolute Gasteiger partial charge is 0.167 e. The standard InChI is InChI=1S/C8H9F2NO2/c9-6-1-2-8(7(10)5-6)13-4-3-11-12/h1-2,5,11-12H,3-4H2. The minimum Gasteiger partial charge on any atom is -0.489 e. The zero-order chi connectivity index (χ0) is 9.68. The zero-order valence-electron chi connectivity index (χ0n) is 6.76. The lowest BCUT2D eigenvalue weighted by molar-refractivity contribution is 0.144. The summed E-state index contributed by atoms with van der Waals surface area (Å²) in [6.07, 6.45) is 0. The summed E-state index contributed by atoms with van der Waals surface area (Å²) >= 11 is 0. The van der Waals surface area contributed by atoms with Gasteiger partial charge in [-0.3, -0.25) is 0 Å². The van der Waals surface area contributed by atoms with Gasteiger partial charge in [0.2, 0.25) is 0 Å². The third kappa shape index (κ3) is 2.96. The summed E-state index contributed by atoms with van der Waals surface area (Å²) in [6, 6.07) is 3.04. The van der Waals surface area contributed by atoms with E-state index in [1.54, 1.807) is 0 Å². The van der Waals surface area contributed by atoms with Crippen LogP contribution in [-0.4, -0.2) is 18.4 Å². The van der Waals surface area contributed by atoms with Crippen LogP contribution in [0.3, 0.4) is 0 Å². The molecule has 0 unspecified atom stereocenters. The van der Waals surface area contributed by atoms with Gasteiger partial charge in [0.1, 0.15) is 12.4 Å². The monoisotopic (exact) mass is 189 g/mol. The normalized spacial score (nSPS) is 10.1. The van der Waals surface area contributed by atoms with Gasteiger partial charge in [-0.25, -0.2) is 14.3 Å². The van der Waals surface area contributed by atoms with Crippen molar-refractivity contribution in [1.29, 1.82) is 0 Å². The number of hydrogen-bond donors (Lipinski definition) is 2. The topological polar surface area (TPSA) is 41.5 Å². The molecular formula is C8H9F2NO2. The predicted octanol–water partition coefficient (Wildman–Crippen LogP) is 1.32. The van der Waals surface area contributed by atoms with Gasteiger partial charge in [-0.2, -0.15) is 0 Å². The fourth-order valence-corrected chi connectivity index (χ4v) is 0.799. The summed E-state index contributed by atoms with van der Waals surface area (Å²) in [5, 5.41) is 8.17. The zero-order valence-corrected chi connectivity index (χ0v) is 6.76. The lowest BCUT2D eigenvalue weighted by Crippen LogP contribution is -2.17. The summed E-state index contributed by atoms with van der Waals surface area (Å²) in [5.41, 5.74) is 1.85. The van der Waals surface area contributed by atoms with Crippen LogP contribution >= 0.6 is 0 Å². The Morgan fingerprint density at radius 1 is 1.38 bits per heavy atom. The highest BCUT2D eigenvalue weighted by molar-refractivity contribution is 5.24. The second-order valence-electron chi connectivity index (χ2n) is 2.33. The van der Waals surface area contributed by atoms with E-state index in [-0.39, 0.29) is 18.9 Å². The van der Waals surface area contributed by atoms with E-state index in [0.717, 1.165) is 12.1 Å². The number of nitrogens with one attached hydrogen (secondary N) is 1.